The first-order valence-electron chi connectivity index (χ1n) is 17.7. The van der Waals surface area contributed by atoms with Gasteiger partial charge in [-0.05, 0) is 0 Å². The summed E-state index contributed by atoms with van der Waals surface area (Å²) in [5.41, 5.74) is 11.1. The molecule has 8 rings (SSSR count). The molecule has 3 heteroatoms. The molecule has 0 aliphatic heterocycles. The van der Waals surface area contributed by atoms with E-state index in [1.807, 2.05) is 0 Å². The number of hydrogen-bond acceptors (Lipinski definition) is 0. The molecule has 248 valence electrons. The second kappa shape index (κ2) is 12.7. The van der Waals surface area contributed by atoms with Gasteiger partial charge in [-0.1, -0.05) is 0 Å². The summed E-state index contributed by atoms with van der Waals surface area (Å²) in [7, 11) is 0. The van der Waals surface area contributed by atoms with E-state index in [4.69, 9.17) is 23.2 Å². The molecule has 0 bridgehead atoms. The molecule has 50 heavy (non-hydrogen) atoms. The molecule has 0 nitrogen and oxygen atoms in total. The molecule has 6 aromatic carbocycles. The molecule has 0 radical (unpaired) electrons. The van der Waals surface area contributed by atoms with E-state index in [1.54, 1.807) is 6.55 Å². The fourth-order valence-corrected chi connectivity index (χ4v) is 17.6. The summed E-state index contributed by atoms with van der Waals surface area (Å²) in [5.74, 6) is 0. The van der Waals surface area contributed by atoms with Gasteiger partial charge in [-0.3, -0.25) is 0 Å². The van der Waals surface area contributed by atoms with Crippen LogP contribution in [-0.4, -0.2) is 3.21 Å². The quantitative estimate of drug-likeness (QED) is 0.167. The zero-order valence-electron chi connectivity index (χ0n) is 29.7. The summed E-state index contributed by atoms with van der Waals surface area (Å²) in [4.78, 5) is 0. The van der Waals surface area contributed by atoms with E-state index in [0.717, 1.165) is 33.7 Å². The molecule has 0 unspecified atom stereocenters. The van der Waals surface area contributed by atoms with Gasteiger partial charge in [0.15, 0.2) is 0 Å². The monoisotopic (exact) mass is 766 g/mol. The van der Waals surface area contributed by atoms with Crippen molar-refractivity contribution in [1.82, 2.24) is 0 Å². The summed E-state index contributed by atoms with van der Waals surface area (Å²) in [6, 6.07) is 38.3. The Morgan fingerprint density at radius 3 is 1.80 bits per heavy atom. The van der Waals surface area contributed by atoms with Crippen molar-refractivity contribution in [2.24, 2.45) is 0 Å². The number of rotatable bonds is 4. The average molecular weight is 769 g/mol. The van der Waals surface area contributed by atoms with Crippen molar-refractivity contribution >= 4 is 51.2 Å². The van der Waals surface area contributed by atoms with Crippen LogP contribution in [0.2, 0.25) is 10.0 Å². The Hall–Kier alpha value is -3.35. The first-order valence-corrected chi connectivity index (χ1v) is 22.1. The second-order valence-corrected chi connectivity index (χ2v) is 22.7. The Morgan fingerprint density at radius 1 is 0.640 bits per heavy atom. The predicted octanol–water partition coefficient (Wildman–Crippen LogP) is 12.8. The average Bonchev–Trinajstić information content (AvgIpc) is 3.73. The number of halogens is 2. The van der Waals surface area contributed by atoms with Crippen LogP contribution in [0.4, 0.5) is 0 Å². The van der Waals surface area contributed by atoms with Gasteiger partial charge in [-0.2, -0.15) is 0 Å². The van der Waals surface area contributed by atoms with E-state index in [1.165, 1.54) is 58.5 Å². The molecular weight excluding hydrogens is 727 g/mol. The van der Waals surface area contributed by atoms with E-state index in [9.17, 15) is 0 Å². The van der Waals surface area contributed by atoms with Crippen molar-refractivity contribution < 1.29 is 21.3 Å². The molecule has 0 heterocycles. The number of allylic oxidation sites excluding steroid dienone is 4. The normalized spacial score (nSPS) is 13.9. The Morgan fingerprint density at radius 2 is 1.24 bits per heavy atom. The summed E-state index contributed by atoms with van der Waals surface area (Å²) < 4.78 is 4.65. The van der Waals surface area contributed by atoms with Crippen LogP contribution in [0.5, 0.6) is 0 Å². The molecule has 0 amide bonds. The SMILES string of the molecule is CC(C)(C)c1ccc2c(c1)Cc1c-2ccc(C(C)(C)C)[c]1[Zr]([C]1=CC=CC1)=[C](c1cc(Cl)cc2ccccc12)c1cc(Cl)cc2ccccc12. The number of fused-ring (bicyclic) bond motifs is 5. The van der Waals surface area contributed by atoms with E-state index in [0.29, 0.717) is 0 Å². The maximum atomic E-state index is 7.08. The molecule has 0 atom stereocenters. The number of hydrogen-bond donors (Lipinski definition) is 0. The number of benzene rings is 6. The van der Waals surface area contributed by atoms with Gasteiger partial charge < -0.3 is 0 Å². The first-order chi connectivity index (χ1) is 23.9. The third kappa shape index (κ3) is 5.94. The molecule has 0 aromatic heterocycles. The summed E-state index contributed by atoms with van der Waals surface area (Å²) in [6.45, 7) is 14.1. The van der Waals surface area contributed by atoms with E-state index in [2.05, 4.69) is 163 Å². The first kappa shape index (κ1) is 33.8. The van der Waals surface area contributed by atoms with Gasteiger partial charge in [0, 0.05) is 0 Å². The Balaban J connectivity index is 1.58. The minimum atomic E-state index is -3.14. The van der Waals surface area contributed by atoms with Crippen LogP contribution in [0.25, 0.3) is 32.7 Å². The van der Waals surface area contributed by atoms with Crippen LogP contribution < -0.4 is 3.27 Å². The van der Waals surface area contributed by atoms with Crippen LogP contribution >= 0.6 is 23.2 Å². The molecular formula is C47H42Cl2Zr. The zero-order chi connectivity index (χ0) is 34.9. The van der Waals surface area contributed by atoms with Crippen molar-refractivity contribution in [2.75, 3.05) is 0 Å². The Kier molecular flexibility index (Phi) is 8.58. The van der Waals surface area contributed by atoms with Crippen LogP contribution in [0.15, 0.2) is 125 Å². The van der Waals surface area contributed by atoms with Gasteiger partial charge in [0.05, 0.1) is 0 Å². The Labute approximate surface area is 314 Å². The molecule has 6 aromatic rings. The standard InChI is InChI=1S/C21H12Cl2.C21H25.C5H5.Zr/c22-18-10-14-5-1-3-7-20(14)16(12-18)9-17-13-19(23)11-15-6-2-4-8-21(15)17;1-20(2,3)16-7-9-18-14(12-16)11-15-13-17(21(4,5)6)8-10-19(15)18;1-2-4-5-3-1;/h1-8,10-13H;7-10,12H,11H2,1-6H3;1-3H,4H2;. The van der Waals surface area contributed by atoms with Crippen molar-refractivity contribution in [3.05, 3.63) is 168 Å². The maximum absolute atomic E-state index is 7.08. The summed E-state index contributed by atoms with van der Waals surface area (Å²) in [6.07, 6.45) is 9.01. The molecule has 0 N–H and O–H groups in total. The van der Waals surface area contributed by atoms with E-state index >= 15 is 0 Å². The van der Waals surface area contributed by atoms with Crippen LogP contribution in [0, 0.1) is 0 Å². The van der Waals surface area contributed by atoms with Crippen molar-refractivity contribution in [1.29, 1.82) is 0 Å². The van der Waals surface area contributed by atoms with Gasteiger partial charge in [0.1, 0.15) is 0 Å². The van der Waals surface area contributed by atoms with Crippen LogP contribution in [0.3, 0.4) is 0 Å². The zero-order valence-corrected chi connectivity index (χ0v) is 33.7. The molecule has 2 aliphatic rings. The van der Waals surface area contributed by atoms with Gasteiger partial charge in [0.25, 0.3) is 0 Å². The third-order valence-electron chi connectivity index (χ3n) is 10.5. The van der Waals surface area contributed by atoms with Crippen LogP contribution in [0.1, 0.15) is 81.3 Å². The topological polar surface area (TPSA) is 0 Å². The summed E-state index contributed by atoms with van der Waals surface area (Å²) >= 11 is 11.0. The molecule has 0 spiro atoms. The van der Waals surface area contributed by atoms with Gasteiger partial charge in [0.2, 0.25) is 0 Å². The molecule has 0 saturated heterocycles. The van der Waals surface area contributed by atoms with Crippen molar-refractivity contribution in [3.8, 4) is 11.1 Å². The fourth-order valence-electron chi connectivity index (χ4n) is 8.11. The Bertz CT molecular complexity index is 2370. The van der Waals surface area contributed by atoms with Crippen molar-refractivity contribution in [3.63, 3.8) is 0 Å². The fraction of sp³-hybridized carbons (Fsp3) is 0.213. The predicted molar refractivity (Wildman–Crippen MR) is 215 cm³/mol. The molecule has 0 fully saturated rings. The second-order valence-electron chi connectivity index (χ2n) is 16.0. The van der Waals surface area contributed by atoms with E-state index < -0.39 is 21.3 Å². The minimum absolute atomic E-state index is 0.0496. The summed E-state index contributed by atoms with van der Waals surface area (Å²) in [5, 5.41) is 6.33. The van der Waals surface area contributed by atoms with Gasteiger partial charge in [-0.25, -0.2) is 0 Å². The van der Waals surface area contributed by atoms with E-state index in [-0.39, 0.29) is 10.8 Å². The third-order valence-corrected chi connectivity index (χ3v) is 18.6. The molecule has 0 saturated carbocycles. The molecule has 2 aliphatic carbocycles. The van der Waals surface area contributed by atoms with Gasteiger partial charge >= 0.3 is 317 Å². The van der Waals surface area contributed by atoms with Gasteiger partial charge in [-0.15, -0.1) is 0 Å². The van der Waals surface area contributed by atoms with Crippen LogP contribution in [-0.2, 0) is 38.5 Å². The van der Waals surface area contributed by atoms with Crippen molar-refractivity contribution in [2.45, 2.75) is 65.2 Å².